The van der Waals surface area contributed by atoms with Crippen LogP contribution in [0.4, 0.5) is 0 Å². The van der Waals surface area contributed by atoms with Gasteiger partial charge in [-0.1, -0.05) is 6.07 Å². The molecule has 0 unspecified atom stereocenters. The molecular weight excluding hydrogens is 228 g/mol. The average molecular weight is 234 g/mol. The van der Waals surface area contributed by atoms with Crippen molar-refractivity contribution in [3.63, 3.8) is 0 Å². The first-order valence-electron chi connectivity index (χ1n) is 4.99. The molecule has 18 heavy (non-hydrogen) atoms. The van der Waals surface area contributed by atoms with Crippen molar-refractivity contribution in [2.45, 2.75) is 6.54 Å². The van der Waals surface area contributed by atoms with Crippen LogP contribution in [-0.4, -0.2) is 14.5 Å². The van der Waals surface area contributed by atoms with E-state index in [1.165, 1.54) is 17.1 Å². The van der Waals surface area contributed by atoms with Crippen molar-refractivity contribution in [3.05, 3.63) is 47.3 Å². The average Bonchev–Trinajstić information content (AvgIpc) is 2.81. The number of aromatic nitrogens is 3. The van der Waals surface area contributed by atoms with Gasteiger partial charge in [-0.05, 0) is 6.07 Å². The maximum absolute atomic E-state index is 8.98. The minimum atomic E-state index is 0.0832. The van der Waals surface area contributed by atoms with Crippen LogP contribution in [0.15, 0.2) is 24.7 Å². The van der Waals surface area contributed by atoms with Crippen molar-refractivity contribution in [1.29, 1.82) is 15.8 Å². The molecule has 6 heteroatoms. The SMILES string of the molecule is N#Cc1ncccc1Cn1cnc(C#N)c1C#N. The molecule has 0 aliphatic rings. The van der Waals surface area contributed by atoms with E-state index in [0.29, 0.717) is 11.3 Å². The smallest absolute Gasteiger partial charge is 0.176 e. The number of imidazole rings is 1. The molecule has 0 spiro atoms. The highest BCUT2D eigenvalue weighted by atomic mass is 15.1. The van der Waals surface area contributed by atoms with E-state index in [0.717, 1.165) is 0 Å². The van der Waals surface area contributed by atoms with Gasteiger partial charge in [-0.25, -0.2) is 9.97 Å². The lowest BCUT2D eigenvalue weighted by Crippen LogP contribution is -2.04. The van der Waals surface area contributed by atoms with Gasteiger partial charge in [-0.2, -0.15) is 15.8 Å². The fraction of sp³-hybridized carbons (Fsp3) is 0.0833. The number of pyridine rings is 1. The second-order valence-electron chi connectivity index (χ2n) is 3.42. The first kappa shape index (κ1) is 11.3. The van der Waals surface area contributed by atoms with Crippen molar-refractivity contribution in [1.82, 2.24) is 14.5 Å². The van der Waals surface area contributed by atoms with Crippen LogP contribution in [0.1, 0.15) is 22.6 Å². The van der Waals surface area contributed by atoms with Gasteiger partial charge < -0.3 is 4.57 Å². The minimum Gasteiger partial charge on any atom is -0.317 e. The molecule has 0 aliphatic heterocycles. The quantitative estimate of drug-likeness (QED) is 0.769. The van der Waals surface area contributed by atoms with Crippen molar-refractivity contribution < 1.29 is 0 Å². The number of rotatable bonds is 2. The van der Waals surface area contributed by atoms with Gasteiger partial charge in [0.25, 0.3) is 0 Å². The highest BCUT2D eigenvalue weighted by Gasteiger charge is 2.11. The molecule has 0 amide bonds. The predicted molar refractivity (Wildman–Crippen MR) is 59.7 cm³/mol. The fourth-order valence-corrected chi connectivity index (χ4v) is 1.55. The molecule has 0 aromatic carbocycles. The van der Waals surface area contributed by atoms with Crippen LogP contribution in [0.3, 0.4) is 0 Å². The summed E-state index contributed by atoms with van der Waals surface area (Å²) in [6, 6.07) is 9.22. The zero-order valence-corrected chi connectivity index (χ0v) is 9.20. The lowest BCUT2D eigenvalue weighted by molar-refractivity contribution is 0.779. The molecule has 6 nitrogen and oxygen atoms in total. The molecule has 0 radical (unpaired) electrons. The van der Waals surface area contributed by atoms with Gasteiger partial charge in [0.05, 0.1) is 12.9 Å². The van der Waals surface area contributed by atoms with Crippen molar-refractivity contribution in [2.75, 3.05) is 0 Å². The summed E-state index contributed by atoms with van der Waals surface area (Å²) in [5.41, 5.74) is 1.25. The molecule has 2 rings (SSSR count). The monoisotopic (exact) mass is 234 g/mol. The van der Waals surface area contributed by atoms with E-state index in [9.17, 15) is 0 Å². The molecule has 0 saturated heterocycles. The summed E-state index contributed by atoms with van der Waals surface area (Å²) in [4.78, 5) is 7.77. The Bertz CT molecular complexity index is 707. The first-order chi connectivity index (χ1) is 8.80. The second kappa shape index (κ2) is 4.78. The topological polar surface area (TPSA) is 102 Å². The zero-order chi connectivity index (χ0) is 13.0. The van der Waals surface area contributed by atoms with Gasteiger partial charge >= 0.3 is 0 Å². The van der Waals surface area contributed by atoms with Crippen LogP contribution in [0.5, 0.6) is 0 Å². The lowest BCUT2D eigenvalue weighted by atomic mass is 10.2. The maximum atomic E-state index is 8.98. The molecular formula is C12H6N6. The zero-order valence-electron chi connectivity index (χ0n) is 9.20. The molecule has 0 fully saturated rings. The van der Waals surface area contributed by atoms with E-state index in [-0.39, 0.29) is 17.9 Å². The van der Waals surface area contributed by atoms with Crippen LogP contribution in [-0.2, 0) is 6.54 Å². The standard InChI is InChI=1S/C12H6N6/c13-4-10-9(2-1-3-16-10)7-18-8-17-11(5-14)12(18)6-15/h1-3,8H,7H2. The first-order valence-corrected chi connectivity index (χ1v) is 4.99. The number of hydrogen-bond acceptors (Lipinski definition) is 5. The molecule has 0 bridgehead atoms. The van der Waals surface area contributed by atoms with Gasteiger partial charge in [0.2, 0.25) is 0 Å². The normalized spacial score (nSPS) is 9.17. The third-order valence-electron chi connectivity index (χ3n) is 2.39. The molecule has 0 saturated carbocycles. The number of nitriles is 3. The van der Waals surface area contributed by atoms with Crippen LogP contribution in [0.2, 0.25) is 0 Å². The summed E-state index contributed by atoms with van der Waals surface area (Å²) in [6.07, 6.45) is 2.94. The van der Waals surface area contributed by atoms with Crippen molar-refractivity contribution in [3.8, 4) is 18.2 Å². The van der Waals surface area contributed by atoms with E-state index in [1.54, 1.807) is 12.1 Å². The van der Waals surface area contributed by atoms with Gasteiger partial charge in [-0.3, -0.25) is 0 Å². The van der Waals surface area contributed by atoms with E-state index in [1.807, 2.05) is 18.2 Å². The predicted octanol–water partition coefficient (Wildman–Crippen LogP) is 0.941. The number of hydrogen-bond donors (Lipinski definition) is 0. The number of nitrogens with zero attached hydrogens (tertiary/aromatic N) is 6. The van der Waals surface area contributed by atoms with Gasteiger partial charge in [0.15, 0.2) is 11.4 Å². The van der Waals surface area contributed by atoms with Crippen LogP contribution in [0, 0.1) is 34.0 Å². The Morgan fingerprint density at radius 3 is 2.50 bits per heavy atom. The summed E-state index contributed by atoms with van der Waals surface area (Å²) in [7, 11) is 0. The van der Waals surface area contributed by atoms with E-state index >= 15 is 0 Å². The Labute approximate surface area is 103 Å². The Balaban J connectivity index is 2.42. The molecule has 0 atom stereocenters. The summed E-state index contributed by atoms with van der Waals surface area (Å²) >= 11 is 0. The molecule has 2 aromatic rings. The third kappa shape index (κ3) is 1.89. The highest BCUT2D eigenvalue weighted by molar-refractivity contribution is 5.38. The highest BCUT2D eigenvalue weighted by Crippen LogP contribution is 2.11. The van der Waals surface area contributed by atoms with Gasteiger partial charge in [0, 0.05) is 11.8 Å². The van der Waals surface area contributed by atoms with Crippen LogP contribution >= 0.6 is 0 Å². The van der Waals surface area contributed by atoms with E-state index in [4.69, 9.17) is 15.8 Å². The summed E-state index contributed by atoms with van der Waals surface area (Å²) < 4.78 is 1.52. The van der Waals surface area contributed by atoms with Crippen LogP contribution < -0.4 is 0 Å². The summed E-state index contributed by atoms with van der Waals surface area (Å²) in [5, 5.41) is 26.7. The Kier molecular flexibility index (Phi) is 3.00. The van der Waals surface area contributed by atoms with E-state index < -0.39 is 0 Å². The Morgan fingerprint density at radius 1 is 1.06 bits per heavy atom. The van der Waals surface area contributed by atoms with Crippen LogP contribution in [0.25, 0.3) is 0 Å². The van der Waals surface area contributed by atoms with Gasteiger partial charge in [-0.15, -0.1) is 0 Å². The molecule has 2 aromatic heterocycles. The Hall–Kier alpha value is -3.17. The van der Waals surface area contributed by atoms with E-state index in [2.05, 4.69) is 9.97 Å². The third-order valence-corrected chi connectivity index (χ3v) is 2.39. The molecule has 0 N–H and O–H groups in total. The summed E-state index contributed by atoms with van der Waals surface area (Å²) in [5.74, 6) is 0. The van der Waals surface area contributed by atoms with Crippen molar-refractivity contribution in [2.24, 2.45) is 0 Å². The minimum absolute atomic E-state index is 0.0832. The Morgan fingerprint density at radius 2 is 1.83 bits per heavy atom. The largest absolute Gasteiger partial charge is 0.317 e. The second-order valence-corrected chi connectivity index (χ2v) is 3.42. The van der Waals surface area contributed by atoms with Gasteiger partial charge in [0.1, 0.15) is 23.9 Å². The molecule has 2 heterocycles. The maximum Gasteiger partial charge on any atom is 0.176 e. The summed E-state index contributed by atoms with van der Waals surface area (Å²) in [6.45, 7) is 0.286. The molecule has 0 aliphatic carbocycles. The van der Waals surface area contributed by atoms with Crippen molar-refractivity contribution >= 4 is 0 Å². The molecule has 84 valence electrons. The fourth-order valence-electron chi connectivity index (χ4n) is 1.55. The lowest BCUT2D eigenvalue weighted by Gasteiger charge is -2.04.